The molecule has 0 bridgehead atoms. The van der Waals surface area contributed by atoms with E-state index in [0.29, 0.717) is 5.75 Å². The summed E-state index contributed by atoms with van der Waals surface area (Å²) in [5.74, 6) is -0.931. The van der Waals surface area contributed by atoms with Crippen LogP contribution >= 0.6 is 0 Å². The van der Waals surface area contributed by atoms with Crippen LogP contribution in [0.15, 0.2) is 45.9 Å². The molecule has 1 aromatic heterocycles. The van der Waals surface area contributed by atoms with E-state index in [4.69, 9.17) is 9.15 Å². The van der Waals surface area contributed by atoms with Gasteiger partial charge in [-0.3, -0.25) is 4.79 Å². The second-order valence-corrected chi connectivity index (χ2v) is 6.81. The third-order valence-corrected chi connectivity index (χ3v) is 4.55. The molecule has 0 fully saturated rings. The van der Waals surface area contributed by atoms with E-state index in [2.05, 4.69) is 12.0 Å². The summed E-state index contributed by atoms with van der Waals surface area (Å²) in [5.41, 5.74) is -3.00. The van der Waals surface area contributed by atoms with Crippen LogP contribution in [-0.4, -0.2) is 40.3 Å². The lowest BCUT2D eigenvalue weighted by atomic mass is 10.1. The Morgan fingerprint density at radius 2 is 1.93 bits per heavy atom. The fraction of sp³-hybridized carbons (Fsp3) is 0.400. The average molecular weight is 428 g/mol. The second kappa shape index (κ2) is 8.86. The highest BCUT2D eigenvalue weighted by Crippen LogP contribution is 2.34. The SMILES string of the molecule is CCCc1ccc(OCc2ccc(C(=O)N3N=C(C(F)F)C[C@]3(O)C(F)F)o2)cc1. The lowest BCUT2D eigenvalue weighted by Gasteiger charge is -2.29. The first-order chi connectivity index (χ1) is 14.2. The molecule has 30 heavy (non-hydrogen) atoms. The van der Waals surface area contributed by atoms with Crippen LogP contribution in [0.1, 0.15) is 41.6 Å². The summed E-state index contributed by atoms with van der Waals surface area (Å²) in [6, 6.07) is 9.97. The van der Waals surface area contributed by atoms with Crippen LogP contribution in [0.4, 0.5) is 17.6 Å². The zero-order valence-corrected chi connectivity index (χ0v) is 16.0. The molecule has 1 N–H and O–H groups in total. The molecular formula is C20H20F4N2O4. The fourth-order valence-corrected chi connectivity index (χ4v) is 2.97. The van der Waals surface area contributed by atoms with Gasteiger partial charge in [0.05, 0.1) is 0 Å². The number of aliphatic hydroxyl groups is 1. The van der Waals surface area contributed by atoms with Gasteiger partial charge in [-0.2, -0.15) is 10.1 Å². The Hall–Kier alpha value is -2.88. The highest BCUT2D eigenvalue weighted by atomic mass is 19.3. The Kier molecular flexibility index (Phi) is 6.45. The molecule has 1 atom stereocenters. The van der Waals surface area contributed by atoms with Gasteiger partial charge in [0, 0.05) is 6.42 Å². The highest BCUT2D eigenvalue weighted by molar-refractivity contribution is 5.97. The molecule has 10 heteroatoms. The fourth-order valence-electron chi connectivity index (χ4n) is 2.97. The molecule has 0 radical (unpaired) electrons. The topological polar surface area (TPSA) is 75.3 Å². The quantitative estimate of drug-likeness (QED) is 0.639. The van der Waals surface area contributed by atoms with E-state index in [1.165, 1.54) is 12.1 Å². The van der Waals surface area contributed by atoms with Gasteiger partial charge in [-0.25, -0.2) is 17.6 Å². The summed E-state index contributed by atoms with van der Waals surface area (Å²) in [7, 11) is 0. The number of nitrogens with zero attached hydrogens (tertiary/aromatic N) is 2. The van der Waals surface area contributed by atoms with Crippen molar-refractivity contribution in [2.24, 2.45) is 5.10 Å². The average Bonchev–Trinajstić information content (AvgIpc) is 3.33. The number of hydrogen-bond donors (Lipinski definition) is 1. The van der Waals surface area contributed by atoms with E-state index in [1.807, 2.05) is 12.1 Å². The molecule has 0 saturated heterocycles. The van der Waals surface area contributed by atoms with Crippen molar-refractivity contribution in [2.45, 2.75) is 51.4 Å². The number of hydrogen-bond acceptors (Lipinski definition) is 5. The number of aryl methyl sites for hydroxylation is 1. The Morgan fingerprint density at radius 3 is 2.53 bits per heavy atom. The van der Waals surface area contributed by atoms with Crippen molar-refractivity contribution in [2.75, 3.05) is 0 Å². The molecule has 2 heterocycles. The molecule has 3 rings (SSSR count). The minimum atomic E-state index is -3.50. The van der Waals surface area contributed by atoms with Gasteiger partial charge in [0.1, 0.15) is 23.8 Å². The van der Waals surface area contributed by atoms with Gasteiger partial charge in [-0.05, 0) is 36.2 Å². The predicted molar refractivity (Wildman–Crippen MR) is 98.7 cm³/mol. The lowest BCUT2D eigenvalue weighted by Crippen LogP contribution is -2.51. The maximum Gasteiger partial charge on any atom is 0.312 e. The van der Waals surface area contributed by atoms with Gasteiger partial charge in [0.15, 0.2) is 5.76 Å². The molecule has 1 aliphatic heterocycles. The molecule has 162 valence electrons. The van der Waals surface area contributed by atoms with E-state index < -0.39 is 42.4 Å². The maximum atomic E-state index is 13.3. The van der Waals surface area contributed by atoms with Crippen molar-refractivity contribution in [3.8, 4) is 5.75 Å². The van der Waals surface area contributed by atoms with E-state index >= 15 is 0 Å². The van der Waals surface area contributed by atoms with E-state index in [-0.39, 0.29) is 17.4 Å². The van der Waals surface area contributed by atoms with Gasteiger partial charge >= 0.3 is 5.91 Å². The maximum absolute atomic E-state index is 13.3. The van der Waals surface area contributed by atoms with Crippen LogP contribution in [0.5, 0.6) is 5.75 Å². The van der Waals surface area contributed by atoms with Crippen LogP contribution in [0.3, 0.4) is 0 Å². The van der Waals surface area contributed by atoms with Crippen molar-refractivity contribution in [3.63, 3.8) is 0 Å². The number of alkyl halides is 4. The van der Waals surface area contributed by atoms with Crippen LogP contribution < -0.4 is 4.74 Å². The lowest BCUT2D eigenvalue weighted by molar-refractivity contribution is -0.164. The molecule has 1 aromatic carbocycles. The predicted octanol–water partition coefficient (Wildman–Crippen LogP) is 4.23. The monoisotopic (exact) mass is 428 g/mol. The molecule has 0 saturated carbocycles. The largest absolute Gasteiger partial charge is 0.486 e. The molecule has 1 amide bonds. The first kappa shape index (κ1) is 21.8. The third kappa shape index (κ3) is 4.48. The summed E-state index contributed by atoms with van der Waals surface area (Å²) < 4.78 is 63.1. The van der Waals surface area contributed by atoms with Crippen molar-refractivity contribution >= 4 is 11.6 Å². The molecule has 1 aliphatic rings. The number of furan rings is 1. The van der Waals surface area contributed by atoms with Crippen LogP contribution in [-0.2, 0) is 13.0 Å². The van der Waals surface area contributed by atoms with Crippen molar-refractivity contribution in [1.29, 1.82) is 0 Å². The van der Waals surface area contributed by atoms with Crippen molar-refractivity contribution in [3.05, 3.63) is 53.5 Å². The van der Waals surface area contributed by atoms with Gasteiger partial charge in [0.25, 0.3) is 12.9 Å². The van der Waals surface area contributed by atoms with Crippen LogP contribution in [0.25, 0.3) is 0 Å². The number of halogens is 4. The number of rotatable bonds is 8. The Bertz CT molecular complexity index is 914. The summed E-state index contributed by atoms with van der Waals surface area (Å²) in [6.07, 6.45) is -5.88. The number of ether oxygens (including phenoxy) is 1. The zero-order valence-electron chi connectivity index (χ0n) is 16.0. The van der Waals surface area contributed by atoms with Crippen LogP contribution in [0, 0.1) is 0 Å². The van der Waals surface area contributed by atoms with E-state index in [1.54, 1.807) is 12.1 Å². The minimum absolute atomic E-state index is 0.0465. The van der Waals surface area contributed by atoms with Crippen molar-refractivity contribution in [1.82, 2.24) is 5.01 Å². The van der Waals surface area contributed by atoms with Gasteiger partial charge in [-0.1, -0.05) is 25.5 Å². The first-order valence-corrected chi connectivity index (χ1v) is 9.25. The Balaban J connectivity index is 1.69. The molecule has 0 aliphatic carbocycles. The third-order valence-electron chi connectivity index (χ3n) is 4.55. The van der Waals surface area contributed by atoms with Gasteiger partial charge in [-0.15, -0.1) is 0 Å². The first-order valence-electron chi connectivity index (χ1n) is 9.25. The molecule has 0 spiro atoms. The van der Waals surface area contributed by atoms with Gasteiger partial charge < -0.3 is 14.3 Å². The highest BCUT2D eigenvalue weighted by Gasteiger charge is 2.53. The standard InChI is InChI=1S/C20H20F4N2O4/c1-2-3-12-4-6-13(7-5-12)29-11-14-8-9-16(30-14)18(27)26-20(28,19(23)24)10-15(25-26)17(21)22/h4-9,17,19,28H,2-3,10-11H2,1H3/t20-/m0/s1. The number of carbonyl (C=O) groups is 1. The molecular weight excluding hydrogens is 408 g/mol. The molecule has 2 aromatic rings. The molecule has 0 unspecified atom stereocenters. The number of hydrazone groups is 1. The Labute approximate surface area is 169 Å². The number of benzene rings is 1. The van der Waals surface area contributed by atoms with E-state index in [9.17, 15) is 27.5 Å². The zero-order chi connectivity index (χ0) is 21.9. The van der Waals surface area contributed by atoms with E-state index in [0.717, 1.165) is 18.4 Å². The second-order valence-electron chi connectivity index (χ2n) is 6.81. The summed E-state index contributed by atoms with van der Waals surface area (Å²) >= 11 is 0. The Morgan fingerprint density at radius 1 is 1.23 bits per heavy atom. The van der Waals surface area contributed by atoms with Crippen molar-refractivity contribution < 1.29 is 36.6 Å². The number of amides is 1. The van der Waals surface area contributed by atoms with Crippen LogP contribution in [0.2, 0.25) is 0 Å². The summed E-state index contributed by atoms with van der Waals surface area (Å²) in [5, 5.41) is 13.2. The smallest absolute Gasteiger partial charge is 0.312 e. The normalized spacial score (nSPS) is 18.9. The van der Waals surface area contributed by atoms with Gasteiger partial charge in [0.2, 0.25) is 5.72 Å². The summed E-state index contributed by atoms with van der Waals surface area (Å²) in [6.45, 7) is 2.02. The minimum Gasteiger partial charge on any atom is -0.486 e. The molecule has 6 nitrogen and oxygen atoms in total. The number of carbonyl (C=O) groups excluding carboxylic acids is 1. The summed E-state index contributed by atoms with van der Waals surface area (Å²) in [4.78, 5) is 12.5.